The molecule has 0 radical (unpaired) electrons. The van der Waals surface area contributed by atoms with Gasteiger partial charge >= 0.3 is 5.97 Å². The highest BCUT2D eigenvalue weighted by Gasteiger charge is 2.47. The summed E-state index contributed by atoms with van der Waals surface area (Å²) >= 11 is 0. The second-order valence-electron chi connectivity index (χ2n) is 30.2. The molecule has 14 rings (SSSR count). The van der Waals surface area contributed by atoms with Crippen LogP contribution in [0.2, 0.25) is 0 Å². The molecule has 5 aromatic heterocycles. The molecule has 9 aromatic rings. The van der Waals surface area contributed by atoms with Gasteiger partial charge in [-0.1, -0.05) is 74.2 Å². The third kappa shape index (κ3) is 20.2. The fraction of sp³-hybridized carbons (Fsp3) is 0.422. The van der Waals surface area contributed by atoms with Gasteiger partial charge in [-0.05, 0) is 171 Å². The number of aromatic nitrogens is 10. The number of carboxylic acids is 1. The van der Waals surface area contributed by atoms with E-state index in [4.69, 9.17) is 29.0 Å². The van der Waals surface area contributed by atoms with Crippen LogP contribution in [0.4, 0.5) is 11.4 Å². The maximum Gasteiger partial charge on any atom is 0.317 e. The van der Waals surface area contributed by atoms with E-state index in [-0.39, 0.29) is 57.0 Å². The number of pyridine rings is 2. The lowest BCUT2D eigenvalue weighted by molar-refractivity contribution is -0.140. The molecule has 1 aliphatic carbocycles. The number of aliphatic carboxylic acids is 1. The minimum absolute atomic E-state index is 0. The number of aliphatic imine (C=N–C) groups is 1. The number of fused-ring (bicyclic) bond motifs is 2. The number of hydrogen-bond acceptors (Lipinski definition) is 20. The second kappa shape index (κ2) is 34.9. The van der Waals surface area contributed by atoms with Crippen LogP contribution in [-0.4, -0.2) is 210 Å². The minimum Gasteiger partial charge on any atom is -0.480 e. The Bertz CT molecular complexity index is 4780. The van der Waals surface area contributed by atoms with Crippen molar-refractivity contribution >= 4 is 62.8 Å². The zero-order valence-corrected chi connectivity index (χ0v) is 63.7. The van der Waals surface area contributed by atoms with Crippen LogP contribution in [0.1, 0.15) is 136 Å². The summed E-state index contributed by atoms with van der Waals surface area (Å²) in [6, 6.07) is 35.4. The largest absolute Gasteiger partial charge is 0.480 e. The summed E-state index contributed by atoms with van der Waals surface area (Å²) in [6.45, 7) is 19.0. The highest BCUT2D eigenvalue weighted by Crippen LogP contribution is 2.35. The van der Waals surface area contributed by atoms with E-state index in [1.165, 1.54) is 49.5 Å². The number of carboxylic acid groups (broad SMARTS) is 1. The molecule has 5 aliphatic rings. The number of benzene rings is 4. The van der Waals surface area contributed by atoms with Gasteiger partial charge in [0, 0.05) is 123 Å². The van der Waals surface area contributed by atoms with Crippen molar-refractivity contribution in [1.29, 1.82) is 0 Å². The van der Waals surface area contributed by atoms with Gasteiger partial charge in [-0.3, -0.25) is 39.1 Å². The van der Waals surface area contributed by atoms with E-state index in [1.54, 1.807) is 86.2 Å². The summed E-state index contributed by atoms with van der Waals surface area (Å²) in [5.74, 6) is 0.978. The molecular formula is C83H102N16O11. The number of nitrogens with one attached hydrogen (secondary N) is 3. The van der Waals surface area contributed by atoms with Crippen molar-refractivity contribution in [2.75, 3.05) is 77.2 Å². The third-order valence-corrected chi connectivity index (χ3v) is 19.6. The lowest BCUT2D eigenvalue weighted by atomic mass is 9.93. The molecule has 0 bridgehead atoms. The Kier molecular flexibility index (Phi) is 25.5. The van der Waals surface area contributed by atoms with Gasteiger partial charge in [-0.15, -0.1) is 0 Å². The van der Waals surface area contributed by atoms with E-state index in [2.05, 4.69) is 99.5 Å². The molecule has 9 heterocycles. The van der Waals surface area contributed by atoms with Crippen molar-refractivity contribution in [3.05, 3.63) is 174 Å². The molecule has 580 valence electrons. The lowest BCUT2D eigenvalue weighted by Gasteiger charge is -2.30. The molecule has 3 amide bonds. The van der Waals surface area contributed by atoms with Gasteiger partial charge in [-0.2, -0.15) is 15.3 Å². The van der Waals surface area contributed by atoms with Crippen LogP contribution >= 0.6 is 0 Å². The molecule has 4 aromatic carbocycles. The molecule has 0 unspecified atom stereocenters. The van der Waals surface area contributed by atoms with Gasteiger partial charge in [0.25, 0.3) is 11.8 Å². The smallest absolute Gasteiger partial charge is 0.317 e. The molecule has 4 aliphatic heterocycles. The van der Waals surface area contributed by atoms with Crippen molar-refractivity contribution in [2.45, 2.75) is 162 Å². The summed E-state index contributed by atoms with van der Waals surface area (Å²) in [4.78, 5) is 79.2. The van der Waals surface area contributed by atoms with E-state index in [1.807, 2.05) is 98.2 Å². The number of nitrogens with zero attached hydrogens (tertiary/aromatic N) is 13. The van der Waals surface area contributed by atoms with E-state index in [9.17, 15) is 29.4 Å². The molecular weight excluding hydrogens is 1400 g/mol. The number of aliphatic hydroxyl groups is 2. The fourth-order valence-electron chi connectivity index (χ4n) is 14.1. The van der Waals surface area contributed by atoms with Crippen molar-refractivity contribution < 1.29 is 53.4 Å². The quantitative estimate of drug-likeness (QED) is 0.0327. The summed E-state index contributed by atoms with van der Waals surface area (Å²) < 4.78 is 26.1. The Labute approximate surface area is 641 Å². The van der Waals surface area contributed by atoms with Crippen LogP contribution in [-0.2, 0) is 48.3 Å². The van der Waals surface area contributed by atoms with Crippen molar-refractivity contribution in [3.8, 4) is 45.8 Å². The SMILES string of the molecule is C.CC(C)(O)Cn1cnc(-c2ccc(C3=CCCCC3)cc2)n1.CO[C@@]1(C(=O)Nc2ccc3[nH]nc(-c4ccc(OC(C)C)nc4)c3c2)CCN(CC(=O)O)C1.CO[C@@]1(C(=O)Nc2ccc3c(c2)C(c2ccc(OC(C)C)nc2)=NC3)CCN(CC(=O)N2CC=C(c3ccc(-c4ncn(CC(C)(C)O)n4)cc3)CC2)C1. The number of allylic oxidation sites excluding steroid dienone is 2. The molecule has 2 fully saturated rings. The van der Waals surface area contributed by atoms with Gasteiger partial charge in [0.2, 0.25) is 17.7 Å². The number of carbonyl (C=O) groups excluding carboxylic acids is 3. The molecule has 0 saturated carbocycles. The van der Waals surface area contributed by atoms with Gasteiger partial charge < -0.3 is 49.8 Å². The Morgan fingerprint density at radius 2 is 1.12 bits per heavy atom. The van der Waals surface area contributed by atoms with Crippen molar-refractivity contribution in [3.63, 3.8) is 0 Å². The standard InChI is InChI=1S/C41H48N8O5.C23H27N5O5.C18H23N3O.CH4/c1-27(2)54-35-13-11-32(22-42-35)37-34-20-33(12-10-31(34)21-43-37)45-39(51)41(53-5)16-19-47(25-41)23-36(50)48-17-14-29(15-18-48)28-6-8-30(9-7-28)38-44-26-49(46-38)24-40(3,4)52;1-14(2)33-19-7-4-15(11-24-19)21-17-10-16(5-6-18(17)26-27-21)25-22(31)23(32-3)8-9-28(13-23)12-20(29)30;1-18(2,22)12-21-13-19-17(20-21)16-10-8-15(9-11-16)14-6-4-3-5-7-14;/h6-14,20,22,26-27,52H,15-19,21,23-25H2,1-5H3,(H,45,51);4-7,10-11,14H,8-9,12-13H2,1-3H3,(H,25,31)(H,26,27)(H,29,30);6,8-11,13,22H,3-5,7,12H2,1-2H3;1H4/t41-;23-;;/m00../s1. The molecule has 2 atom stereocenters. The molecule has 6 N–H and O–H groups in total. The highest BCUT2D eigenvalue weighted by atomic mass is 16.5. The Hall–Kier alpha value is -10.7. The number of likely N-dealkylation sites (tertiary alicyclic amines) is 2. The number of methoxy groups -OCH3 is 2. The van der Waals surface area contributed by atoms with Crippen LogP contribution in [0.15, 0.2) is 151 Å². The van der Waals surface area contributed by atoms with Crippen LogP contribution in [0.3, 0.4) is 0 Å². The number of aromatic amines is 1. The fourth-order valence-corrected chi connectivity index (χ4v) is 14.1. The van der Waals surface area contributed by atoms with Gasteiger partial charge in [0.1, 0.15) is 18.3 Å². The number of amides is 3. The number of H-pyrrole nitrogens is 1. The first kappa shape index (κ1) is 80.3. The Morgan fingerprint density at radius 1 is 0.600 bits per heavy atom. The number of carbonyl (C=O) groups is 4. The van der Waals surface area contributed by atoms with Crippen LogP contribution < -0.4 is 20.1 Å². The zero-order chi connectivity index (χ0) is 77.2. The predicted molar refractivity (Wildman–Crippen MR) is 423 cm³/mol. The van der Waals surface area contributed by atoms with Crippen molar-refractivity contribution in [1.82, 2.24) is 64.4 Å². The van der Waals surface area contributed by atoms with E-state index < -0.39 is 28.4 Å². The maximum atomic E-state index is 13.8. The van der Waals surface area contributed by atoms with E-state index in [0.29, 0.717) is 106 Å². The van der Waals surface area contributed by atoms with Crippen LogP contribution in [0.25, 0.3) is 56.1 Å². The summed E-state index contributed by atoms with van der Waals surface area (Å²) in [5, 5.41) is 52.2. The first-order valence-electron chi connectivity index (χ1n) is 37.1. The monoisotopic (exact) mass is 1500 g/mol. The third-order valence-electron chi connectivity index (χ3n) is 19.6. The van der Waals surface area contributed by atoms with Crippen LogP contribution in [0, 0.1) is 0 Å². The van der Waals surface area contributed by atoms with Gasteiger partial charge in [-0.25, -0.2) is 29.3 Å². The van der Waals surface area contributed by atoms with Crippen LogP contribution in [0.5, 0.6) is 11.8 Å². The lowest BCUT2D eigenvalue weighted by Crippen LogP contribution is -2.48. The van der Waals surface area contributed by atoms with Gasteiger partial charge in [0.15, 0.2) is 22.9 Å². The van der Waals surface area contributed by atoms with Gasteiger partial charge in [0.05, 0.1) is 67.4 Å². The number of anilines is 2. The molecule has 110 heavy (non-hydrogen) atoms. The minimum atomic E-state index is -1.10. The molecule has 27 heteroatoms. The predicted octanol–water partition coefficient (Wildman–Crippen LogP) is 11.4. The Balaban J connectivity index is 0.000000181. The first-order chi connectivity index (χ1) is 52.2. The summed E-state index contributed by atoms with van der Waals surface area (Å²) in [7, 11) is 3.03. The topological polar surface area (TPSA) is 328 Å². The van der Waals surface area contributed by atoms with E-state index in [0.717, 1.165) is 62.0 Å². The highest BCUT2D eigenvalue weighted by molar-refractivity contribution is 6.16. The first-order valence-corrected chi connectivity index (χ1v) is 37.1. The van der Waals surface area contributed by atoms with E-state index >= 15 is 0 Å². The number of ether oxygens (including phenoxy) is 4. The number of hydrogen-bond donors (Lipinski definition) is 6. The maximum absolute atomic E-state index is 13.8. The molecule has 2 saturated heterocycles. The summed E-state index contributed by atoms with van der Waals surface area (Å²) in [6.07, 6.45) is 17.9. The average Bonchev–Trinajstić information content (AvgIpc) is 1.62. The summed E-state index contributed by atoms with van der Waals surface area (Å²) in [5.41, 5.74) is 10.5. The molecule has 0 spiro atoms. The number of rotatable bonds is 24. The molecule has 27 nitrogen and oxygen atoms in total. The average molecular weight is 1500 g/mol. The van der Waals surface area contributed by atoms with Crippen molar-refractivity contribution in [2.24, 2.45) is 4.99 Å². The normalized spacial score (nSPS) is 17.9. The zero-order valence-electron chi connectivity index (χ0n) is 63.7. The Morgan fingerprint density at radius 3 is 1.61 bits per heavy atom. The second-order valence-corrected chi connectivity index (χ2v) is 30.2.